The predicted octanol–water partition coefficient (Wildman–Crippen LogP) is 4.36. The van der Waals surface area contributed by atoms with Gasteiger partial charge in [0, 0.05) is 12.6 Å². The largest absolute Gasteiger partial charge is 0.462 e. The van der Waals surface area contributed by atoms with E-state index in [2.05, 4.69) is 10.3 Å². The van der Waals surface area contributed by atoms with Crippen molar-refractivity contribution in [3.63, 3.8) is 0 Å². The number of anilines is 2. The molecule has 0 bridgehead atoms. The quantitative estimate of drug-likeness (QED) is 0.490. The Morgan fingerprint density at radius 2 is 1.88 bits per heavy atom. The van der Waals surface area contributed by atoms with Gasteiger partial charge in [-0.2, -0.15) is 0 Å². The van der Waals surface area contributed by atoms with Crippen molar-refractivity contribution < 1.29 is 22.7 Å². The molecule has 8 nitrogen and oxygen atoms in total. The normalized spacial score (nSPS) is 11.1. The molecule has 0 saturated heterocycles. The number of hydrogen-bond acceptors (Lipinski definition) is 7. The summed E-state index contributed by atoms with van der Waals surface area (Å²) in [7, 11) is -2.62. The number of benzene rings is 2. The van der Waals surface area contributed by atoms with Crippen LogP contribution in [0.1, 0.15) is 32.6 Å². The summed E-state index contributed by atoms with van der Waals surface area (Å²) in [4.78, 5) is 29.0. The lowest BCUT2D eigenvalue weighted by atomic mass is 10.2. The molecule has 0 saturated carbocycles. The molecule has 0 spiro atoms. The van der Waals surface area contributed by atoms with E-state index < -0.39 is 21.9 Å². The Hall–Kier alpha value is -2.95. The molecule has 2 aromatic carbocycles. The van der Waals surface area contributed by atoms with Crippen molar-refractivity contribution in [1.29, 1.82) is 0 Å². The summed E-state index contributed by atoms with van der Waals surface area (Å²) < 4.78 is 32.3. The Labute approximate surface area is 194 Å². The van der Waals surface area contributed by atoms with E-state index in [-0.39, 0.29) is 32.1 Å². The fourth-order valence-electron chi connectivity index (χ4n) is 2.77. The van der Waals surface area contributed by atoms with Crippen LogP contribution in [-0.4, -0.2) is 38.9 Å². The second-order valence-corrected chi connectivity index (χ2v) is 9.91. The molecule has 1 aromatic heterocycles. The number of carbonyl (C=O) groups is 2. The maximum absolute atomic E-state index is 13.1. The van der Waals surface area contributed by atoms with Crippen molar-refractivity contribution in [2.24, 2.45) is 0 Å². The van der Waals surface area contributed by atoms with Gasteiger partial charge in [0.05, 0.1) is 23.0 Å². The summed E-state index contributed by atoms with van der Waals surface area (Å²) in [6.07, 6.45) is 0. The monoisotopic (exact) mass is 493 g/mol. The van der Waals surface area contributed by atoms with Crippen LogP contribution in [0.4, 0.5) is 10.8 Å². The molecule has 1 heterocycles. The molecule has 1 N–H and O–H groups in total. The minimum Gasteiger partial charge on any atom is -0.462 e. The van der Waals surface area contributed by atoms with Gasteiger partial charge in [0.25, 0.3) is 15.9 Å². The van der Waals surface area contributed by atoms with Gasteiger partial charge >= 0.3 is 5.97 Å². The number of amides is 1. The van der Waals surface area contributed by atoms with E-state index in [1.807, 2.05) is 0 Å². The molecule has 0 aliphatic heterocycles. The van der Waals surface area contributed by atoms with Gasteiger partial charge in [-0.15, -0.1) is 0 Å². The molecule has 0 unspecified atom stereocenters. The van der Waals surface area contributed by atoms with Crippen LogP contribution in [0.5, 0.6) is 0 Å². The number of nitrogens with zero attached hydrogens (tertiary/aromatic N) is 2. The highest BCUT2D eigenvalue weighted by molar-refractivity contribution is 7.93. The van der Waals surface area contributed by atoms with Crippen molar-refractivity contribution in [2.45, 2.75) is 18.7 Å². The zero-order valence-electron chi connectivity index (χ0n) is 17.5. The minimum absolute atomic E-state index is 0.0148. The van der Waals surface area contributed by atoms with Crippen LogP contribution in [0, 0.1) is 6.92 Å². The molecule has 0 radical (unpaired) electrons. The Bertz CT molecular complexity index is 1260. The Morgan fingerprint density at radius 1 is 1.19 bits per heavy atom. The SMILES string of the molecule is CCOC(=O)c1sc(NC(=O)c2ccc(Cl)c(S(=O)(=O)N(C)c3ccccc3)c2)nc1C. The van der Waals surface area contributed by atoms with E-state index in [1.165, 1.54) is 25.2 Å². The maximum Gasteiger partial charge on any atom is 0.350 e. The zero-order valence-corrected chi connectivity index (χ0v) is 19.8. The number of rotatable bonds is 7. The van der Waals surface area contributed by atoms with E-state index in [0.29, 0.717) is 11.4 Å². The molecule has 3 rings (SSSR count). The van der Waals surface area contributed by atoms with Crippen molar-refractivity contribution in [3.05, 3.63) is 69.7 Å². The summed E-state index contributed by atoms with van der Waals surface area (Å²) in [5, 5.41) is 2.76. The second kappa shape index (κ2) is 9.68. The lowest BCUT2D eigenvalue weighted by Crippen LogP contribution is -2.27. The molecule has 0 fully saturated rings. The first-order valence-electron chi connectivity index (χ1n) is 9.44. The van der Waals surface area contributed by atoms with Crippen LogP contribution in [0.15, 0.2) is 53.4 Å². The number of nitrogens with one attached hydrogen (secondary N) is 1. The van der Waals surface area contributed by atoms with E-state index in [1.54, 1.807) is 44.2 Å². The predicted molar refractivity (Wildman–Crippen MR) is 124 cm³/mol. The molecule has 168 valence electrons. The molecular formula is C21H20ClN3O5S2. The number of hydrogen-bond donors (Lipinski definition) is 1. The van der Waals surface area contributed by atoms with E-state index in [4.69, 9.17) is 16.3 Å². The highest BCUT2D eigenvalue weighted by Gasteiger charge is 2.26. The van der Waals surface area contributed by atoms with Gasteiger partial charge in [-0.1, -0.05) is 41.1 Å². The average Bonchev–Trinajstić information content (AvgIpc) is 3.14. The van der Waals surface area contributed by atoms with Crippen LogP contribution >= 0.6 is 22.9 Å². The third-order valence-electron chi connectivity index (χ3n) is 4.43. The van der Waals surface area contributed by atoms with E-state index in [0.717, 1.165) is 15.6 Å². The van der Waals surface area contributed by atoms with Crippen molar-refractivity contribution in [3.8, 4) is 0 Å². The van der Waals surface area contributed by atoms with Gasteiger partial charge in [-0.3, -0.25) is 14.4 Å². The third kappa shape index (κ3) is 4.93. The Balaban J connectivity index is 1.88. The lowest BCUT2D eigenvalue weighted by Gasteiger charge is -2.20. The average molecular weight is 494 g/mol. The molecule has 3 aromatic rings. The number of para-hydroxylation sites is 1. The Kier molecular flexibility index (Phi) is 7.17. The first-order chi connectivity index (χ1) is 15.1. The van der Waals surface area contributed by atoms with Crippen LogP contribution in [-0.2, 0) is 14.8 Å². The Morgan fingerprint density at radius 3 is 2.53 bits per heavy atom. The molecule has 11 heteroatoms. The van der Waals surface area contributed by atoms with Gasteiger partial charge in [-0.05, 0) is 44.2 Å². The molecule has 0 aliphatic carbocycles. The zero-order chi connectivity index (χ0) is 23.5. The number of aromatic nitrogens is 1. The van der Waals surface area contributed by atoms with E-state index in [9.17, 15) is 18.0 Å². The lowest BCUT2D eigenvalue weighted by molar-refractivity contribution is 0.0531. The maximum atomic E-state index is 13.1. The van der Waals surface area contributed by atoms with Gasteiger partial charge in [0.1, 0.15) is 9.77 Å². The number of esters is 1. The molecule has 1 amide bonds. The number of carbonyl (C=O) groups excluding carboxylic acids is 2. The van der Waals surface area contributed by atoms with Crippen molar-refractivity contribution >= 4 is 55.7 Å². The third-order valence-corrected chi connectivity index (χ3v) is 7.75. The first kappa shape index (κ1) is 23.7. The van der Waals surface area contributed by atoms with Gasteiger partial charge in [0.2, 0.25) is 0 Å². The summed E-state index contributed by atoms with van der Waals surface area (Å²) >= 11 is 7.14. The summed E-state index contributed by atoms with van der Waals surface area (Å²) in [5.74, 6) is -1.11. The summed E-state index contributed by atoms with van der Waals surface area (Å²) in [6, 6.07) is 12.5. The fourth-order valence-corrected chi connectivity index (χ4v) is 5.32. The van der Waals surface area contributed by atoms with Crippen LogP contribution in [0.3, 0.4) is 0 Å². The van der Waals surface area contributed by atoms with E-state index >= 15 is 0 Å². The van der Waals surface area contributed by atoms with Gasteiger partial charge < -0.3 is 4.74 Å². The molecule has 0 aliphatic rings. The minimum atomic E-state index is -4.02. The van der Waals surface area contributed by atoms with Crippen molar-refractivity contribution in [2.75, 3.05) is 23.3 Å². The van der Waals surface area contributed by atoms with Crippen LogP contribution in [0.25, 0.3) is 0 Å². The van der Waals surface area contributed by atoms with Crippen LogP contribution in [0.2, 0.25) is 5.02 Å². The topological polar surface area (TPSA) is 106 Å². The number of ether oxygens (including phenoxy) is 1. The summed E-state index contributed by atoms with van der Waals surface area (Å²) in [5.41, 5.74) is 0.941. The molecule has 0 atom stereocenters. The number of sulfonamides is 1. The fraction of sp³-hybridized carbons (Fsp3) is 0.190. The number of halogens is 1. The number of thiazole rings is 1. The van der Waals surface area contributed by atoms with Crippen LogP contribution < -0.4 is 9.62 Å². The van der Waals surface area contributed by atoms with Gasteiger partial charge in [0.15, 0.2) is 5.13 Å². The van der Waals surface area contributed by atoms with Gasteiger partial charge in [-0.25, -0.2) is 18.2 Å². The molecule has 32 heavy (non-hydrogen) atoms. The molecular weight excluding hydrogens is 474 g/mol. The van der Waals surface area contributed by atoms with Crippen molar-refractivity contribution in [1.82, 2.24) is 4.98 Å². The smallest absolute Gasteiger partial charge is 0.350 e. The second-order valence-electron chi connectivity index (χ2n) is 6.56. The standard InChI is InChI=1S/C21H20ClN3O5S2/c1-4-30-20(27)18-13(2)23-21(31-18)24-19(26)14-10-11-16(22)17(12-14)32(28,29)25(3)15-8-6-5-7-9-15/h5-12H,4H2,1-3H3,(H,23,24,26). The summed E-state index contributed by atoms with van der Waals surface area (Å²) in [6.45, 7) is 3.54. The number of aryl methyl sites for hydroxylation is 1. The highest BCUT2D eigenvalue weighted by atomic mass is 35.5. The highest BCUT2D eigenvalue weighted by Crippen LogP contribution is 2.29. The first-order valence-corrected chi connectivity index (χ1v) is 12.1.